The highest BCUT2D eigenvalue weighted by atomic mass is 35.5. The Hall–Kier alpha value is -1.52. The Kier molecular flexibility index (Phi) is 3.82. The van der Waals surface area contributed by atoms with Gasteiger partial charge in [0, 0.05) is 10.9 Å². The quantitative estimate of drug-likeness (QED) is 0.872. The van der Waals surface area contributed by atoms with E-state index in [2.05, 4.69) is 10.3 Å². The number of fused-ring (bicyclic) bond motifs is 1. The van der Waals surface area contributed by atoms with E-state index in [1.165, 1.54) is 19.3 Å². The summed E-state index contributed by atoms with van der Waals surface area (Å²) in [6.45, 7) is 0.601. The Morgan fingerprint density at radius 3 is 2.83 bits per heavy atom. The molecule has 0 bridgehead atoms. The molecule has 1 aliphatic carbocycles. The summed E-state index contributed by atoms with van der Waals surface area (Å²) in [5, 5.41) is 4.46. The second-order valence-electron chi connectivity index (χ2n) is 6.79. The van der Waals surface area contributed by atoms with Crippen LogP contribution < -0.4 is 5.32 Å². The molecule has 2 aliphatic rings. The monoisotopic (exact) mass is 332 g/mol. The van der Waals surface area contributed by atoms with Crippen molar-refractivity contribution < 1.29 is 9.53 Å². The van der Waals surface area contributed by atoms with Crippen LogP contribution in [0.3, 0.4) is 0 Å². The third-order valence-corrected chi connectivity index (χ3v) is 5.57. The van der Waals surface area contributed by atoms with Gasteiger partial charge in [-0.3, -0.25) is 4.79 Å². The SMILES string of the molecule is O=C(N[C@H]1COC2(CCCCC2)C1)c1[nH]c2ccccc2c1Cl. The number of amides is 1. The van der Waals surface area contributed by atoms with E-state index < -0.39 is 0 Å². The lowest BCUT2D eigenvalue weighted by molar-refractivity contribution is -0.0246. The van der Waals surface area contributed by atoms with Crippen LogP contribution >= 0.6 is 11.6 Å². The number of rotatable bonds is 2. The number of benzene rings is 1. The molecule has 1 atom stereocenters. The molecule has 2 aromatic rings. The second-order valence-corrected chi connectivity index (χ2v) is 7.17. The van der Waals surface area contributed by atoms with E-state index in [9.17, 15) is 4.79 Å². The van der Waals surface area contributed by atoms with Crippen LogP contribution in [0.25, 0.3) is 10.9 Å². The summed E-state index contributed by atoms with van der Waals surface area (Å²) in [6, 6.07) is 7.76. The molecule has 1 aromatic carbocycles. The fourth-order valence-electron chi connectivity index (χ4n) is 4.00. The van der Waals surface area contributed by atoms with Crippen molar-refractivity contribution in [3.8, 4) is 0 Å². The zero-order valence-electron chi connectivity index (χ0n) is 13.0. The predicted molar refractivity (Wildman–Crippen MR) is 90.9 cm³/mol. The van der Waals surface area contributed by atoms with Crippen LogP contribution in [0.5, 0.6) is 0 Å². The average Bonchev–Trinajstić information content (AvgIpc) is 3.10. The number of H-pyrrole nitrogens is 1. The van der Waals surface area contributed by atoms with Gasteiger partial charge in [0.25, 0.3) is 5.91 Å². The zero-order valence-corrected chi connectivity index (χ0v) is 13.8. The fraction of sp³-hybridized carbons (Fsp3) is 0.500. The van der Waals surface area contributed by atoms with Gasteiger partial charge in [-0.2, -0.15) is 0 Å². The van der Waals surface area contributed by atoms with Gasteiger partial charge in [0.1, 0.15) is 5.69 Å². The number of para-hydroxylation sites is 1. The number of hydrogen-bond acceptors (Lipinski definition) is 2. The van der Waals surface area contributed by atoms with Crippen molar-refractivity contribution in [3.63, 3.8) is 0 Å². The smallest absolute Gasteiger partial charge is 0.269 e. The number of carbonyl (C=O) groups excluding carboxylic acids is 1. The van der Waals surface area contributed by atoms with E-state index in [4.69, 9.17) is 16.3 Å². The van der Waals surface area contributed by atoms with E-state index in [-0.39, 0.29) is 17.6 Å². The maximum Gasteiger partial charge on any atom is 0.269 e. The molecule has 1 saturated heterocycles. The molecule has 0 unspecified atom stereocenters. The second kappa shape index (κ2) is 5.84. The molecular formula is C18H21ClN2O2. The Morgan fingerprint density at radius 2 is 2.04 bits per heavy atom. The molecule has 4 rings (SSSR count). The minimum Gasteiger partial charge on any atom is -0.373 e. The number of aromatic amines is 1. The van der Waals surface area contributed by atoms with Crippen molar-refractivity contribution in [1.82, 2.24) is 10.3 Å². The number of aromatic nitrogens is 1. The van der Waals surface area contributed by atoms with Gasteiger partial charge in [0.2, 0.25) is 0 Å². The van der Waals surface area contributed by atoms with E-state index >= 15 is 0 Å². The van der Waals surface area contributed by atoms with Gasteiger partial charge >= 0.3 is 0 Å². The molecule has 0 radical (unpaired) electrons. The molecule has 2 N–H and O–H groups in total. The van der Waals surface area contributed by atoms with Crippen molar-refractivity contribution >= 4 is 28.4 Å². The fourth-order valence-corrected chi connectivity index (χ4v) is 4.30. The third kappa shape index (κ3) is 2.74. The van der Waals surface area contributed by atoms with Crippen molar-refractivity contribution in [2.75, 3.05) is 6.61 Å². The van der Waals surface area contributed by atoms with Gasteiger partial charge in [0.05, 0.1) is 23.3 Å². The predicted octanol–water partition coefficient (Wildman–Crippen LogP) is 4.04. The summed E-state index contributed by atoms with van der Waals surface area (Å²) in [5.74, 6) is -0.146. The van der Waals surface area contributed by atoms with Crippen molar-refractivity contribution in [3.05, 3.63) is 35.0 Å². The first-order valence-corrected chi connectivity index (χ1v) is 8.76. The van der Waals surface area contributed by atoms with Crippen LogP contribution in [0.1, 0.15) is 49.0 Å². The molecule has 5 heteroatoms. The largest absolute Gasteiger partial charge is 0.373 e. The molecule has 4 nitrogen and oxygen atoms in total. The third-order valence-electron chi connectivity index (χ3n) is 5.18. The van der Waals surface area contributed by atoms with Crippen molar-refractivity contribution in [2.45, 2.75) is 50.2 Å². The topological polar surface area (TPSA) is 54.1 Å². The average molecular weight is 333 g/mol. The number of nitrogens with one attached hydrogen (secondary N) is 2. The molecular weight excluding hydrogens is 312 g/mol. The highest BCUT2D eigenvalue weighted by Crippen LogP contribution is 2.39. The van der Waals surface area contributed by atoms with E-state index in [1.807, 2.05) is 24.3 Å². The summed E-state index contributed by atoms with van der Waals surface area (Å²) < 4.78 is 6.06. The number of carbonyl (C=O) groups is 1. The first kappa shape index (κ1) is 15.0. The van der Waals surface area contributed by atoms with Crippen LogP contribution in [0.2, 0.25) is 5.02 Å². The first-order chi connectivity index (χ1) is 11.2. The molecule has 2 fully saturated rings. The summed E-state index contributed by atoms with van der Waals surface area (Å²) in [5.41, 5.74) is 1.33. The van der Waals surface area contributed by atoms with Crippen LogP contribution in [0.4, 0.5) is 0 Å². The van der Waals surface area contributed by atoms with Crippen molar-refractivity contribution in [1.29, 1.82) is 0 Å². The molecule has 1 aromatic heterocycles. The van der Waals surface area contributed by atoms with E-state index in [1.54, 1.807) is 0 Å². The van der Waals surface area contributed by atoms with Gasteiger partial charge in [-0.1, -0.05) is 49.1 Å². The Morgan fingerprint density at radius 1 is 1.26 bits per heavy atom. The van der Waals surface area contributed by atoms with Crippen LogP contribution in [-0.4, -0.2) is 29.1 Å². The molecule has 1 spiro atoms. The molecule has 1 amide bonds. The zero-order chi connectivity index (χ0) is 15.9. The summed E-state index contributed by atoms with van der Waals surface area (Å²) >= 11 is 6.36. The maximum atomic E-state index is 12.6. The van der Waals surface area contributed by atoms with E-state index in [0.29, 0.717) is 17.3 Å². The summed E-state index contributed by atoms with van der Waals surface area (Å²) in [4.78, 5) is 15.7. The van der Waals surface area contributed by atoms with Gasteiger partial charge in [-0.15, -0.1) is 0 Å². The highest BCUT2D eigenvalue weighted by Gasteiger charge is 2.41. The lowest BCUT2D eigenvalue weighted by Gasteiger charge is -2.32. The number of hydrogen-bond donors (Lipinski definition) is 2. The Labute approximate surface area is 140 Å². The first-order valence-electron chi connectivity index (χ1n) is 8.38. The molecule has 23 heavy (non-hydrogen) atoms. The van der Waals surface area contributed by atoms with Gasteiger partial charge in [-0.25, -0.2) is 0 Å². The lowest BCUT2D eigenvalue weighted by atomic mass is 9.82. The normalized spacial score (nSPS) is 23.4. The Bertz CT molecular complexity index is 734. The standard InChI is InChI=1S/C18H21ClN2O2/c19-15-13-6-2-3-7-14(13)21-16(15)17(22)20-12-10-18(23-11-12)8-4-1-5-9-18/h2-3,6-7,12,21H,1,4-5,8-11H2,(H,20,22)/t12-/m1/s1. The van der Waals surface area contributed by atoms with E-state index in [0.717, 1.165) is 30.2 Å². The highest BCUT2D eigenvalue weighted by molar-refractivity contribution is 6.38. The van der Waals surface area contributed by atoms with Crippen LogP contribution in [-0.2, 0) is 4.74 Å². The van der Waals surface area contributed by atoms with Crippen molar-refractivity contribution in [2.24, 2.45) is 0 Å². The molecule has 1 saturated carbocycles. The minimum absolute atomic E-state index is 0.000437. The number of ether oxygens (including phenoxy) is 1. The van der Waals surface area contributed by atoms with Crippen LogP contribution in [0, 0.1) is 0 Å². The number of halogens is 1. The minimum atomic E-state index is -0.146. The molecule has 122 valence electrons. The Balaban J connectivity index is 1.48. The lowest BCUT2D eigenvalue weighted by Crippen LogP contribution is -2.37. The van der Waals surface area contributed by atoms with Crippen LogP contribution in [0.15, 0.2) is 24.3 Å². The van der Waals surface area contributed by atoms with Gasteiger partial charge < -0.3 is 15.0 Å². The summed E-state index contributed by atoms with van der Waals surface area (Å²) in [6.07, 6.45) is 6.91. The van der Waals surface area contributed by atoms with Gasteiger partial charge in [0.15, 0.2) is 0 Å². The summed E-state index contributed by atoms with van der Waals surface area (Å²) in [7, 11) is 0. The van der Waals surface area contributed by atoms with Gasteiger partial charge in [-0.05, 0) is 25.3 Å². The molecule has 2 heterocycles. The maximum absolute atomic E-state index is 12.6. The molecule has 1 aliphatic heterocycles.